The van der Waals surface area contributed by atoms with Crippen LogP contribution in [0.15, 0.2) is 11.4 Å². The van der Waals surface area contributed by atoms with Crippen molar-refractivity contribution in [3.8, 4) is 0 Å². The van der Waals surface area contributed by atoms with Crippen LogP contribution in [0.5, 0.6) is 0 Å². The zero-order valence-corrected chi connectivity index (χ0v) is 20.6. The molecule has 4 aliphatic heterocycles. The molecule has 4 heterocycles. The van der Waals surface area contributed by atoms with Crippen molar-refractivity contribution in [3.63, 3.8) is 0 Å². The zero-order valence-electron chi connectivity index (χ0n) is 20.6. The Morgan fingerprint density at radius 1 is 1.16 bits per heavy atom. The Morgan fingerprint density at radius 2 is 1.97 bits per heavy atom. The molecule has 0 spiro atoms. The van der Waals surface area contributed by atoms with Crippen LogP contribution in [0.25, 0.3) is 0 Å². The molecule has 4 rings (SSSR count). The van der Waals surface area contributed by atoms with Gasteiger partial charge in [-0.25, -0.2) is 5.43 Å². The summed E-state index contributed by atoms with van der Waals surface area (Å²) in [6.45, 7) is 10.1. The molecule has 32 heavy (non-hydrogen) atoms. The summed E-state index contributed by atoms with van der Waals surface area (Å²) in [6.07, 6.45) is 7.77. The van der Waals surface area contributed by atoms with Crippen molar-refractivity contribution < 1.29 is 4.74 Å². The second-order valence-electron chi connectivity index (χ2n) is 9.75. The molecule has 0 aromatic rings. The minimum Gasteiger partial charge on any atom is -0.380 e. The Hall–Kier alpha value is -0.940. The van der Waals surface area contributed by atoms with E-state index in [1.807, 2.05) is 0 Å². The van der Waals surface area contributed by atoms with E-state index >= 15 is 0 Å². The molecular weight excluding hydrogens is 404 g/mol. The van der Waals surface area contributed by atoms with Crippen LogP contribution in [0.3, 0.4) is 0 Å². The predicted octanol–water partition coefficient (Wildman–Crippen LogP) is 0.351. The van der Waals surface area contributed by atoms with E-state index in [4.69, 9.17) is 4.74 Å². The molecule has 0 aromatic heterocycles. The van der Waals surface area contributed by atoms with Gasteiger partial charge in [0.25, 0.3) is 0 Å². The molecule has 4 atom stereocenters. The number of nitrogens with one attached hydrogen (secondary N) is 5. The van der Waals surface area contributed by atoms with Gasteiger partial charge in [-0.3, -0.25) is 15.5 Å². The minimum absolute atomic E-state index is 0.0891. The van der Waals surface area contributed by atoms with Crippen LogP contribution in [-0.2, 0) is 4.74 Å². The SMILES string of the molecule is CCOCCN1NC(CC)C2=C1C(NC1CCCCN1)NC(N(C)C1CCN(C)CC1)N2. The van der Waals surface area contributed by atoms with Crippen molar-refractivity contribution in [1.82, 2.24) is 41.5 Å². The van der Waals surface area contributed by atoms with Crippen LogP contribution in [0.4, 0.5) is 0 Å². The third-order valence-corrected chi connectivity index (χ3v) is 7.54. The summed E-state index contributed by atoms with van der Waals surface area (Å²) in [5.74, 6) is 0. The Morgan fingerprint density at radius 3 is 2.66 bits per heavy atom. The Kier molecular flexibility index (Phi) is 8.67. The normalized spacial score (nSPS) is 32.5. The van der Waals surface area contributed by atoms with E-state index in [-0.39, 0.29) is 12.5 Å². The third kappa shape index (κ3) is 5.58. The van der Waals surface area contributed by atoms with E-state index in [9.17, 15) is 0 Å². The quantitative estimate of drug-likeness (QED) is 0.320. The van der Waals surface area contributed by atoms with E-state index in [0.717, 1.165) is 32.7 Å². The average Bonchev–Trinajstić information content (AvgIpc) is 3.18. The number of rotatable bonds is 9. The highest BCUT2D eigenvalue weighted by Crippen LogP contribution is 2.28. The summed E-state index contributed by atoms with van der Waals surface area (Å²) >= 11 is 0. The van der Waals surface area contributed by atoms with E-state index in [2.05, 4.69) is 69.4 Å². The van der Waals surface area contributed by atoms with E-state index in [0.29, 0.717) is 18.2 Å². The lowest BCUT2D eigenvalue weighted by molar-refractivity contribution is 0.0575. The first-order chi connectivity index (χ1) is 15.6. The first kappa shape index (κ1) is 24.2. The first-order valence-electron chi connectivity index (χ1n) is 12.9. The highest BCUT2D eigenvalue weighted by Gasteiger charge is 2.42. The lowest BCUT2D eigenvalue weighted by Crippen LogP contribution is -2.68. The molecule has 4 unspecified atom stereocenters. The van der Waals surface area contributed by atoms with Crippen LogP contribution in [0.1, 0.15) is 52.4 Å². The number of hydrogen-bond donors (Lipinski definition) is 5. The van der Waals surface area contributed by atoms with Gasteiger partial charge in [0, 0.05) is 12.6 Å². The monoisotopic (exact) mass is 450 g/mol. The minimum atomic E-state index is 0.0891. The van der Waals surface area contributed by atoms with Crippen LogP contribution in [-0.4, -0.2) is 99.0 Å². The maximum Gasteiger partial charge on any atom is 0.136 e. The lowest BCUT2D eigenvalue weighted by atomic mass is 10.0. The molecule has 0 amide bonds. The number of hydrazine groups is 1. The van der Waals surface area contributed by atoms with Gasteiger partial charge in [0.2, 0.25) is 0 Å². The fraction of sp³-hybridized carbons (Fsp3) is 0.913. The largest absolute Gasteiger partial charge is 0.380 e. The van der Waals surface area contributed by atoms with Crippen molar-refractivity contribution in [2.24, 2.45) is 0 Å². The van der Waals surface area contributed by atoms with Crippen LogP contribution >= 0.6 is 0 Å². The van der Waals surface area contributed by atoms with Crippen LogP contribution in [0.2, 0.25) is 0 Å². The van der Waals surface area contributed by atoms with Gasteiger partial charge in [-0.05, 0) is 79.2 Å². The molecule has 0 aromatic carbocycles. The summed E-state index contributed by atoms with van der Waals surface area (Å²) in [5.41, 5.74) is 6.38. The third-order valence-electron chi connectivity index (χ3n) is 7.54. The second kappa shape index (κ2) is 11.5. The molecule has 0 bridgehead atoms. The maximum atomic E-state index is 5.69. The number of likely N-dealkylation sites (tertiary alicyclic amines) is 1. The van der Waals surface area contributed by atoms with E-state index in [1.54, 1.807) is 0 Å². The number of ether oxygens (including phenoxy) is 1. The zero-order chi connectivity index (χ0) is 22.5. The fourth-order valence-corrected chi connectivity index (χ4v) is 5.49. The Labute approximate surface area is 194 Å². The summed E-state index contributed by atoms with van der Waals surface area (Å²) in [4.78, 5) is 4.96. The molecule has 0 saturated carbocycles. The highest BCUT2D eigenvalue weighted by molar-refractivity contribution is 5.29. The van der Waals surface area contributed by atoms with Gasteiger partial charge in [0.15, 0.2) is 0 Å². The first-order valence-corrected chi connectivity index (χ1v) is 12.9. The molecule has 9 heteroatoms. The second-order valence-corrected chi connectivity index (χ2v) is 9.75. The molecule has 184 valence electrons. The highest BCUT2D eigenvalue weighted by atomic mass is 16.5. The van der Waals surface area contributed by atoms with Crippen molar-refractivity contribution in [2.75, 3.05) is 53.5 Å². The molecule has 9 nitrogen and oxygen atoms in total. The molecule has 2 fully saturated rings. The van der Waals surface area contributed by atoms with Gasteiger partial charge in [0.05, 0.1) is 36.8 Å². The van der Waals surface area contributed by atoms with Crippen LogP contribution in [0, 0.1) is 0 Å². The Bertz CT molecular complexity index is 617. The van der Waals surface area contributed by atoms with Gasteiger partial charge >= 0.3 is 0 Å². The summed E-state index contributed by atoms with van der Waals surface area (Å²) in [7, 11) is 4.51. The number of piperidine rings is 2. The van der Waals surface area contributed by atoms with Crippen molar-refractivity contribution >= 4 is 0 Å². The molecule has 4 aliphatic rings. The molecule has 0 aliphatic carbocycles. The molecular formula is C23H46N8O. The predicted molar refractivity (Wildman–Crippen MR) is 128 cm³/mol. The van der Waals surface area contributed by atoms with Crippen LogP contribution < -0.4 is 26.7 Å². The Balaban J connectivity index is 1.53. The number of hydrogen-bond acceptors (Lipinski definition) is 9. The lowest BCUT2D eigenvalue weighted by Gasteiger charge is -2.45. The standard InChI is InChI=1S/C23H46N8O/c1-5-18-20-21(31(28-18)15-16-32-6-2)22(25-19-9-7-8-12-24-19)27-23(26-20)30(4)17-10-13-29(3)14-11-17/h17-19,22-28H,5-16H2,1-4H3. The summed E-state index contributed by atoms with van der Waals surface area (Å²) < 4.78 is 5.69. The van der Waals surface area contributed by atoms with Gasteiger partial charge in [-0.2, -0.15) is 0 Å². The van der Waals surface area contributed by atoms with Gasteiger partial charge in [-0.1, -0.05) is 6.92 Å². The summed E-state index contributed by atoms with van der Waals surface area (Å²) in [6, 6.07) is 0.904. The van der Waals surface area contributed by atoms with Gasteiger partial charge in [0.1, 0.15) is 12.5 Å². The molecule has 0 radical (unpaired) electrons. The fourth-order valence-electron chi connectivity index (χ4n) is 5.49. The van der Waals surface area contributed by atoms with E-state index in [1.165, 1.54) is 56.6 Å². The summed E-state index contributed by atoms with van der Waals surface area (Å²) in [5, 5.41) is 17.7. The van der Waals surface area contributed by atoms with E-state index < -0.39 is 0 Å². The van der Waals surface area contributed by atoms with Crippen molar-refractivity contribution in [1.29, 1.82) is 0 Å². The van der Waals surface area contributed by atoms with Gasteiger partial charge < -0.3 is 25.3 Å². The maximum absolute atomic E-state index is 5.69. The topological polar surface area (TPSA) is 79.1 Å². The average molecular weight is 451 g/mol. The van der Waals surface area contributed by atoms with Crippen molar-refractivity contribution in [3.05, 3.63) is 11.4 Å². The molecule has 5 N–H and O–H groups in total. The van der Waals surface area contributed by atoms with Crippen molar-refractivity contribution in [2.45, 2.75) is 83.1 Å². The van der Waals surface area contributed by atoms with Gasteiger partial charge in [-0.15, -0.1) is 0 Å². The number of nitrogens with zero attached hydrogens (tertiary/aromatic N) is 3. The molecule has 2 saturated heterocycles. The smallest absolute Gasteiger partial charge is 0.136 e.